The maximum absolute atomic E-state index is 10.8. The van der Waals surface area contributed by atoms with Gasteiger partial charge in [-0.1, -0.05) is 6.07 Å². The van der Waals surface area contributed by atoms with Crippen LogP contribution in [0.15, 0.2) is 23.4 Å². The van der Waals surface area contributed by atoms with Gasteiger partial charge in [-0.3, -0.25) is 0 Å². The standard InChI is InChI=1S/C7H10N2O3S/c1-12-5-6-2-3-7(9-4-6)13(8,10)11/h2-4H,5H2,1H3,(H2,8,10,11). The number of hydrogen-bond donors (Lipinski definition) is 1. The van der Waals surface area contributed by atoms with Crippen molar-refractivity contribution in [1.82, 2.24) is 4.98 Å². The molecule has 0 atom stereocenters. The van der Waals surface area contributed by atoms with Gasteiger partial charge in [-0.2, -0.15) is 0 Å². The molecular weight excluding hydrogens is 192 g/mol. The molecule has 1 aromatic heterocycles. The van der Waals surface area contributed by atoms with Crippen molar-refractivity contribution in [2.45, 2.75) is 11.6 Å². The van der Waals surface area contributed by atoms with Crippen molar-refractivity contribution in [2.24, 2.45) is 5.14 Å². The van der Waals surface area contributed by atoms with Gasteiger partial charge in [0.1, 0.15) is 0 Å². The Hall–Kier alpha value is -0.980. The lowest BCUT2D eigenvalue weighted by molar-refractivity contribution is 0.184. The van der Waals surface area contributed by atoms with Crippen molar-refractivity contribution < 1.29 is 13.2 Å². The average molecular weight is 202 g/mol. The van der Waals surface area contributed by atoms with Crippen LogP contribution in [0.2, 0.25) is 0 Å². The first-order valence-electron chi connectivity index (χ1n) is 3.50. The van der Waals surface area contributed by atoms with Gasteiger partial charge in [0.05, 0.1) is 6.61 Å². The fourth-order valence-corrected chi connectivity index (χ4v) is 1.29. The molecule has 0 radical (unpaired) electrons. The number of ether oxygens (including phenoxy) is 1. The van der Waals surface area contributed by atoms with Gasteiger partial charge in [0.25, 0.3) is 10.0 Å². The second kappa shape index (κ2) is 3.82. The van der Waals surface area contributed by atoms with Crippen molar-refractivity contribution in [3.8, 4) is 0 Å². The van der Waals surface area contributed by atoms with Crippen LogP contribution in [0.4, 0.5) is 0 Å². The molecule has 1 heterocycles. The van der Waals surface area contributed by atoms with Crippen molar-refractivity contribution >= 4 is 10.0 Å². The van der Waals surface area contributed by atoms with E-state index in [0.717, 1.165) is 5.56 Å². The SMILES string of the molecule is COCc1ccc(S(N)(=O)=O)nc1. The Balaban J connectivity index is 2.94. The van der Waals surface area contributed by atoms with Crippen LogP contribution in [0.3, 0.4) is 0 Å². The van der Waals surface area contributed by atoms with Crippen LogP contribution in [-0.2, 0) is 21.4 Å². The molecule has 0 bridgehead atoms. The second-order valence-corrected chi connectivity index (χ2v) is 3.99. The summed E-state index contributed by atoms with van der Waals surface area (Å²) in [6, 6.07) is 2.96. The third-order valence-electron chi connectivity index (χ3n) is 1.40. The van der Waals surface area contributed by atoms with Crippen molar-refractivity contribution in [1.29, 1.82) is 0 Å². The van der Waals surface area contributed by atoms with E-state index >= 15 is 0 Å². The van der Waals surface area contributed by atoms with E-state index in [1.54, 1.807) is 13.2 Å². The number of rotatable bonds is 3. The highest BCUT2D eigenvalue weighted by Crippen LogP contribution is 2.04. The number of methoxy groups -OCH3 is 1. The monoisotopic (exact) mass is 202 g/mol. The van der Waals surface area contributed by atoms with E-state index < -0.39 is 10.0 Å². The number of pyridine rings is 1. The smallest absolute Gasteiger partial charge is 0.255 e. The Bertz CT molecular complexity index is 371. The molecule has 13 heavy (non-hydrogen) atoms. The number of hydrogen-bond acceptors (Lipinski definition) is 4. The fraction of sp³-hybridized carbons (Fsp3) is 0.286. The van der Waals surface area contributed by atoms with Crippen LogP contribution >= 0.6 is 0 Å². The molecule has 1 rings (SSSR count). The van der Waals surface area contributed by atoms with Gasteiger partial charge < -0.3 is 4.74 Å². The molecule has 5 nitrogen and oxygen atoms in total. The molecule has 0 fully saturated rings. The normalized spacial score (nSPS) is 11.5. The highest BCUT2D eigenvalue weighted by Gasteiger charge is 2.07. The summed E-state index contributed by atoms with van der Waals surface area (Å²) in [6.45, 7) is 0.401. The summed E-state index contributed by atoms with van der Waals surface area (Å²) in [6.07, 6.45) is 1.42. The predicted molar refractivity (Wildman–Crippen MR) is 46.3 cm³/mol. The van der Waals surface area contributed by atoms with Gasteiger partial charge in [-0.05, 0) is 11.6 Å². The van der Waals surface area contributed by atoms with Crippen molar-refractivity contribution in [3.63, 3.8) is 0 Å². The first-order valence-corrected chi connectivity index (χ1v) is 5.05. The fourth-order valence-electron chi connectivity index (χ4n) is 0.831. The molecule has 0 aliphatic rings. The number of nitrogens with zero attached hydrogens (tertiary/aromatic N) is 1. The van der Waals surface area contributed by atoms with Crippen LogP contribution in [0.25, 0.3) is 0 Å². The summed E-state index contributed by atoms with van der Waals surface area (Å²) in [5, 5.41) is 4.73. The predicted octanol–water partition coefficient (Wildman–Crippen LogP) is -0.125. The maximum Gasteiger partial charge on any atom is 0.255 e. The molecule has 0 unspecified atom stereocenters. The summed E-state index contributed by atoms with van der Waals surface area (Å²) in [5.74, 6) is 0. The molecule has 1 aromatic rings. The molecule has 0 saturated heterocycles. The minimum Gasteiger partial charge on any atom is -0.380 e. The first-order chi connectivity index (χ1) is 6.04. The summed E-state index contributed by atoms with van der Waals surface area (Å²) < 4.78 is 26.4. The molecule has 72 valence electrons. The Kier molecular flexibility index (Phi) is 2.97. The van der Waals surface area contributed by atoms with Crippen LogP contribution in [0, 0.1) is 0 Å². The molecular formula is C7H10N2O3S. The van der Waals surface area contributed by atoms with Gasteiger partial charge in [0, 0.05) is 13.3 Å². The second-order valence-electron chi connectivity index (χ2n) is 2.48. The quantitative estimate of drug-likeness (QED) is 0.740. The number of aromatic nitrogens is 1. The molecule has 0 aliphatic carbocycles. The zero-order chi connectivity index (χ0) is 9.90. The molecule has 0 amide bonds. The Morgan fingerprint density at radius 2 is 2.23 bits per heavy atom. The van der Waals surface area contributed by atoms with Crippen LogP contribution < -0.4 is 5.14 Å². The summed E-state index contributed by atoms with van der Waals surface area (Å²) in [4.78, 5) is 3.68. The number of nitrogens with two attached hydrogens (primary N) is 1. The van der Waals surface area contributed by atoms with Crippen molar-refractivity contribution in [3.05, 3.63) is 23.9 Å². The van der Waals surface area contributed by atoms with E-state index in [-0.39, 0.29) is 5.03 Å². The lowest BCUT2D eigenvalue weighted by Gasteiger charge is -1.99. The molecule has 6 heteroatoms. The lowest BCUT2D eigenvalue weighted by atomic mass is 10.3. The highest BCUT2D eigenvalue weighted by molar-refractivity contribution is 7.89. The molecule has 0 aromatic carbocycles. The van der Waals surface area contributed by atoms with Crippen LogP contribution in [0.5, 0.6) is 0 Å². The Morgan fingerprint density at radius 3 is 2.62 bits per heavy atom. The highest BCUT2D eigenvalue weighted by atomic mass is 32.2. The van der Waals surface area contributed by atoms with Gasteiger partial charge in [0.2, 0.25) is 0 Å². The van der Waals surface area contributed by atoms with Gasteiger partial charge in [-0.15, -0.1) is 0 Å². The van der Waals surface area contributed by atoms with Gasteiger partial charge in [-0.25, -0.2) is 18.5 Å². The van der Waals surface area contributed by atoms with E-state index in [4.69, 9.17) is 9.88 Å². The minimum absolute atomic E-state index is 0.132. The van der Waals surface area contributed by atoms with E-state index in [1.165, 1.54) is 12.3 Å². The van der Waals surface area contributed by atoms with Gasteiger partial charge in [0.15, 0.2) is 5.03 Å². The van der Waals surface area contributed by atoms with Crippen LogP contribution in [-0.4, -0.2) is 20.5 Å². The largest absolute Gasteiger partial charge is 0.380 e. The number of sulfonamides is 1. The Labute approximate surface area is 76.6 Å². The van der Waals surface area contributed by atoms with Gasteiger partial charge >= 0.3 is 0 Å². The molecule has 2 N–H and O–H groups in total. The third-order valence-corrected chi connectivity index (χ3v) is 2.22. The van der Waals surface area contributed by atoms with E-state index in [0.29, 0.717) is 6.61 Å². The summed E-state index contributed by atoms with van der Waals surface area (Å²) in [5.41, 5.74) is 0.801. The Morgan fingerprint density at radius 1 is 1.54 bits per heavy atom. The average Bonchev–Trinajstić information content (AvgIpc) is 2.04. The lowest BCUT2D eigenvalue weighted by Crippen LogP contribution is -2.13. The van der Waals surface area contributed by atoms with Crippen molar-refractivity contribution in [2.75, 3.05) is 7.11 Å². The first kappa shape index (κ1) is 10.1. The summed E-state index contributed by atoms with van der Waals surface area (Å²) in [7, 11) is -2.14. The van der Waals surface area contributed by atoms with E-state index in [9.17, 15) is 8.42 Å². The van der Waals surface area contributed by atoms with E-state index in [1.807, 2.05) is 0 Å². The minimum atomic E-state index is -3.69. The molecule has 0 spiro atoms. The zero-order valence-corrected chi connectivity index (χ0v) is 7.91. The third kappa shape index (κ3) is 2.76. The molecule has 0 saturated carbocycles. The summed E-state index contributed by atoms with van der Waals surface area (Å²) >= 11 is 0. The van der Waals surface area contributed by atoms with Crippen LogP contribution in [0.1, 0.15) is 5.56 Å². The number of primary sulfonamides is 1. The van der Waals surface area contributed by atoms with E-state index in [2.05, 4.69) is 4.98 Å². The maximum atomic E-state index is 10.8. The zero-order valence-electron chi connectivity index (χ0n) is 7.10. The topological polar surface area (TPSA) is 82.3 Å². The molecule has 0 aliphatic heterocycles.